The molecule has 4 aromatic rings. The summed E-state index contributed by atoms with van der Waals surface area (Å²) >= 11 is 1.07. The number of hydrogen-bond acceptors (Lipinski definition) is 6. The minimum atomic E-state index is -0.478. The maximum Gasteiger partial charge on any atom is 0.269 e. The van der Waals surface area contributed by atoms with Crippen LogP contribution in [0.1, 0.15) is 35.2 Å². The molecule has 0 saturated carbocycles. The predicted molar refractivity (Wildman–Crippen MR) is 176 cm³/mol. The van der Waals surface area contributed by atoms with E-state index in [0.29, 0.717) is 11.3 Å². The molecule has 0 fully saturated rings. The largest absolute Gasteiger partial charge is 0.493 e. The number of hydrogen-bond donors (Lipinski definition) is 2. The van der Waals surface area contributed by atoms with E-state index < -0.39 is 11.4 Å². The summed E-state index contributed by atoms with van der Waals surface area (Å²) < 4.78 is 1.40. The molecule has 43 heavy (non-hydrogen) atoms. The van der Waals surface area contributed by atoms with Crippen LogP contribution >= 0.6 is 11.8 Å². The second-order valence-electron chi connectivity index (χ2n) is 9.57. The lowest BCUT2D eigenvalue weighted by Crippen LogP contribution is -2.31. The third-order valence-corrected chi connectivity index (χ3v) is 7.72. The van der Waals surface area contributed by atoms with Crippen molar-refractivity contribution in [1.29, 1.82) is 0 Å². The van der Waals surface area contributed by atoms with Crippen LogP contribution in [0.25, 0.3) is 17.3 Å². The van der Waals surface area contributed by atoms with Crippen molar-refractivity contribution in [2.24, 2.45) is 4.99 Å². The second kappa shape index (κ2) is 13.6. The first kappa shape index (κ1) is 29.3. The number of nitrogens with zero attached hydrogens (tertiary/aromatic N) is 3. The van der Waals surface area contributed by atoms with Crippen LogP contribution in [0.3, 0.4) is 0 Å². The van der Waals surface area contributed by atoms with Gasteiger partial charge < -0.3 is 10.4 Å². The molecule has 3 aromatic carbocycles. The number of carbonyl (C=O) groups is 1. The molecule has 2 N–H and O–H groups in total. The van der Waals surface area contributed by atoms with Gasteiger partial charge in [0.1, 0.15) is 5.56 Å². The van der Waals surface area contributed by atoms with E-state index in [9.17, 15) is 14.7 Å². The molecule has 7 nitrogen and oxygen atoms in total. The third-order valence-electron chi connectivity index (χ3n) is 6.79. The van der Waals surface area contributed by atoms with Crippen molar-refractivity contribution >= 4 is 46.9 Å². The molecule has 214 valence electrons. The Morgan fingerprint density at radius 1 is 1.02 bits per heavy atom. The zero-order valence-electron chi connectivity index (χ0n) is 23.6. The standard InChI is InChI=1S/C35H30N4O3S/c1-3-5-18-27(4-2)39-34(42)29(21-26-22-36-30-20-13-12-19-28(26)30)33(41)38-35(39)43-23-31(40)37-32(24-14-8-6-9-15-24)25-16-10-7-11-17-25/h3-22,32,41H,1,23H2,2H3,(H,37,40)/b18-5-,26-21?,27-4+. The molecule has 1 aliphatic rings. The SMILES string of the molecule is C=C/C=C\C(=C/C)n1c(SCC(=O)NC(c2ccccc2)c2ccccc2)nc(O)c(C=C2C=Nc3ccccc32)c1=O. The second-order valence-corrected chi connectivity index (χ2v) is 10.5. The quantitative estimate of drug-likeness (QED) is 0.121. The van der Waals surface area contributed by atoms with Gasteiger partial charge in [-0.15, -0.1) is 0 Å². The van der Waals surface area contributed by atoms with E-state index in [1.165, 1.54) is 4.57 Å². The lowest BCUT2D eigenvalue weighted by molar-refractivity contribution is -0.119. The van der Waals surface area contributed by atoms with Crippen LogP contribution in [0.4, 0.5) is 5.69 Å². The molecule has 8 heteroatoms. The molecule has 2 heterocycles. The number of benzene rings is 3. The molecule has 0 spiro atoms. The summed E-state index contributed by atoms with van der Waals surface area (Å²) in [5, 5.41) is 14.3. The zero-order valence-corrected chi connectivity index (χ0v) is 24.4. The Bertz CT molecular complexity index is 1780. The van der Waals surface area contributed by atoms with Gasteiger partial charge in [0.15, 0.2) is 5.16 Å². The van der Waals surface area contributed by atoms with Crippen molar-refractivity contribution in [2.45, 2.75) is 18.1 Å². The van der Waals surface area contributed by atoms with E-state index in [1.54, 1.807) is 43.5 Å². The van der Waals surface area contributed by atoms with Gasteiger partial charge in [0.05, 0.1) is 17.5 Å². The van der Waals surface area contributed by atoms with Crippen molar-refractivity contribution < 1.29 is 9.90 Å². The number of thioether (sulfide) groups is 1. The summed E-state index contributed by atoms with van der Waals surface area (Å²) in [6, 6.07) is 26.6. The molecule has 0 bridgehead atoms. The monoisotopic (exact) mass is 586 g/mol. The summed E-state index contributed by atoms with van der Waals surface area (Å²) in [5.74, 6) is -0.717. The highest BCUT2D eigenvalue weighted by Crippen LogP contribution is 2.33. The number of para-hydroxylation sites is 1. The van der Waals surface area contributed by atoms with Gasteiger partial charge in [-0.25, -0.2) is 0 Å². The minimum absolute atomic E-state index is 0.0199. The van der Waals surface area contributed by atoms with E-state index in [2.05, 4.69) is 21.9 Å². The van der Waals surface area contributed by atoms with E-state index in [0.717, 1.165) is 34.1 Å². The Balaban J connectivity index is 1.47. The topological polar surface area (TPSA) is 96.6 Å². The molecule has 0 radical (unpaired) electrons. The number of amides is 1. The van der Waals surface area contributed by atoms with Gasteiger partial charge in [-0.2, -0.15) is 4.98 Å². The molecule has 0 aliphatic carbocycles. The summed E-state index contributed by atoms with van der Waals surface area (Å²) in [6.07, 6.45) is 10.0. The Hall–Kier alpha value is -5.21. The highest BCUT2D eigenvalue weighted by atomic mass is 32.2. The first-order chi connectivity index (χ1) is 21.0. The zero-order chi connectivity index (χ0) is 30.2. The van der Waals surface area contributed by atoms with Crippen LogP contribution in [-0.4, -0.2) is 32.5 Å². The van der Waals surface area contributed by atoms with Crippen LogP contribution in [0.2, 0.25) is 0 Å². The lowest BCUT2D eigenvalue weighted by atomic mass is 9.99. The molecule has 0 saturated heterocycles. The number of aromatic hydroxyl groups is 1. The van der Waals surface area contributed by atoms with Crippen LogP contribution in [0.15, 0.2) is 131 Å². The first-order valence-corrected chi connectivity index (χ1v) is 14.7. The molecular formula is C35H30N4O3S. The van der Waals surface area contributed by atoms with Gasteiger partial charge in [0.25, 0.3) is 5.56 Å². The molecular weight excluding hydrogens is 556 g/mol. The summed E-state index contributed by atoms with van der Waals surface area (Å²) in [5.41, 5.74) is 4.28. The fourth-order valence-electron chi connectivity index (χ4n) is 4.71. The van der Waals surface area contributed by atoms with E-state index in [1.807, 2.05) is 84.9 Å². The summed E-state index contributed by atoms with van der Waals surface area (Å²) in [7, 11) is 0. The van der Waals surface area contributed by atoms with Gasteiger partial charge in [-0.3, -0.25) is 19.1 Å². The van der Waals surface area contributed by atoms with Crippen molar-refractivity contribution in [3.05, 3.63) is 148 Å². The van der Waals surface area contributed by atoms with E-state index in [4.69, 9.17) is 0 Å². The average molecular weight is 587 g/mol. The van der Waals surface area contributed by atoms with Gasteiger partial charge in [0, 0.05) is 23.0 Å². The van der Waals surface area contributed by atoms with Gasteiger partial charge in [-0.05, 0) is 36.3 Å². The molecule has 0 unspecified atom stereocenters. The van der Waals surface area contributed by atoms with Crippen molar-refractivity contribution in [3.8, 4) is 5.88 Å². The predicted octanol–water partition coefficient (Wildman–Crippen LogP) is 6.81. The maximum absolute atomic E-state index is 13.9. The van der Waals surface area contributed by atoms with Gasteiger partial charge in [0.2, 0.25) is 11.8 Å². The number of carbonyl (C=O) groups excluding carboxylic acids is 1. The first-order valence-electron chi connectivity index (χ1n) is 13.7. The van der Waals surface area contributed by atoms with Crippen molar-refractivity contribution in [1.82, 2.24) is 14.9 Å². The minimum Gasteiger partial charge on any atom is -0.493 e. The van der Waals surface area contributed by atoms with Crippen LogP contribution in [-0.2, 0) is 4.79 Å². The highest BCUT2D eigenvalue weighted by Gasteiger charge is 2.22. The number of allylic oxidation sites excluding steroid dienone is 6. The molecule has 1 amide bonds. The fourth-order valence-corrected chi connectivity index (χ4v) is 5.53. The number of nitrogens with one attached hydrogen (secondary N) is 1. The molecule has 1 aliphatic heterocycles. The Labute approximate surface area is 254 Å². The maximum atomic E-state index is 13.9. The number of rotatable bonds is 10. The molecule has 1 aromatic heterocycles. The van der Waals surface area contributed by atoms with Crippen molar-refractivity contribution in [3.63, 3.8) is 0 Å². The Morgan fingerprint density at radius 2 is 1.67 bits per heavy atom. The van der Waals surface area contributed by atoms with Crippen LogP contribution in [0.5, 0.6) is 5.88 Å². The fraction of sp³-hybridized carbons (Fsp3) is 0.0857. The number of aromatic nitrogens is 2. The van der Waals surface area contributed by atoms with E-state index in [-0.39, 0.29) is 28.4 Å². The Morgan fingerprint density at radius 3 is 2.33 bits per heavy atom. The van der Waals surface area contributed by atoms with Gasteiger partial charge >= 0.3 is 0 Å². The number of aliphatic imine (C=N–C) groups is 1. The number of fused-ring (bicyclic) bond motifs is 1. The average Bonchev–Trinajstić information content (AvgIpc) is 3.45. The van der Waals surface area contributed by atoms with Gasteiger partial charge in [-0.1, -0.05) is 115 Å². The van der Waals surface area contributed by atoms with Crippen LogP contribution in [0, 0.1) is 0 Å². The van der Waals surface area contributed by atoms with E-state index >= 15 is 0 Å². The highest BCUT2D eigenvalue weighted by molar-refractivity contribution is 7.99. The summed E-state index contributed by atoms with van der Waals surface area (Å²) in [6.45, 7) is 5.52. The Kier molecular flexibility index (Phi) is 9.29. The smallest absolute Gasteiger partial charge is 0.269 e. The normalized spacial score (nSPS) is 13.5. The molecule has 5 rings (SSSR count). The summed E-state index contributed by atoms with van der Waals surface area (Å²) in [4.78, 5) is 36.0. The van der Waals surface area contributed by atoms with Crippen molar-refractivity contribution in [2.75, 3.05) is 5.75 Å². The third kappa shape index (κ3) is 6.66. The molecule has 0 atom stereocenters. The lowest BCUT2D eigenvalue weighted by Gasteiger charge is -2.20. The van der Waals surface area contributed by atoms with Crippen LogP contribution < -0.4 is 10.9 Å².